The monoisotopic (exact) mass is 439 g/mol. The Morgan fingerprint density at radius 2 is 1.79 bits per heavy atom. The molecule has 0 spiro atoms. The van der Waals surface area contributed by atoms with E-state index in [4.69, 9.17) is 0 Å². The van der Waals surface area contributed by atoms with Crippen molar-refractivity contribution >= 4 is 28.3 Å². The highest BCUT2D eigenvalue weighted by Gasteiger charge is 2.16. The van der Waals surface area contributed by atoms with Crippen LogP contribution in [0.4, 0.5) is 5.69 Å². The Hall–Kier alpha value is -4.40. The molecule has 0 saturated carbocycles. The van der Waals surface area contributed by atoms with E-state index in [1.807, 2.05) is 49.6 Å². The number of anilines is 1. The lowest BCUT2D eigenvalue weighted by atomic mass is 10.1. The highest BCUT2D eigenvalue weighted by Crippen LogP contribution is 2.20. The molecule has 0 fully saturated rings. The number of nitrogens with zero attached hydrogens (tertiary/aromatic N) is 6. The third kappa shape index (κ3) is 3.63. The molecule has 0 radical (unpaired) electrons. The molecule has 4 heterocycles. The maximum Gasteiger partial charge on any atom is 0.261 e. The Kier molecular flexibility index (Phi) is 4.93. The summed E-state index contributed by atoms with van der Waals surface area (Å²) in [4.78, 5) is 30.4. The van der Waals surface area contributed by atoms with Crippen LogP contribution in [0.25, 0.3) is 27.9 Å². The van der Waals surface area contributed by atoms with Crippen molar-refractivity contribution in [1.29, 1.82) is 0 Å². The van der Waals surface area contributed by atoms with Gasteiger partial charge in [0.1, 0.15) is 11.2 Å². The molecular weight excluding hydrogens is 418 g/mol. The molecule has 1 amide bonds. The smallest absolute Gasteiger partial charge is 0.261 e. The molecule has 0 unspecified atom stereocenters. The molecule has 0 aliphatic carbocycles. The van der Waals surface area contributed by atoms with Crippen LogP contribution in [-0.2, 0) is 6.54 Å². The van der Waals surface area contributed by atoms with Crippen molar-refractivity contribution in [2.45, 2.75) is 27.3 Å². The number of aromatic nitrogens is 6. The third-order valence-electron chi connectivity index (χ3n) is 5.50. The first kappa shape index (κ1) is 20.5. The van der Waals surface area contributed by atoms with Gasteiger partial charge in [0.25, 0.3) is 5.91 Å². The zero-order chi connectivity index (χ0) is 23.1. The quantitative estimate of drug-likeness (QED) is 0.460. The SMILES string of the molecule is CCn1cc(C(=O)Nc2ccc(-c3ccc4nnc(C)n4n3)cc2)c(=O)c2ccc(C)nc21. The molecule has 9 heteroatoms. The van der Waals surface area contributed by atoms with Crippen molar-refractivity contribution in [3.05, 3.63) is 82.0 Å². The summed E-state index contributed by atoms with van der Waals surface area (Å²) < 4.78 is 3.50. The second-order valence-corrected chi connectivity index (χ2v) is 7.75. The first-order chi connectivity index (χ1) is 15.9. The zero-order valence-corrected chi connectivity index (χ0v) is 18.4. The fraction of sp³-hybridized carbons (Fsp3) is 0.167. The number of amides is 1. The van der Waals surface area contributed by atoms with E-state index < -0.39 is 5.91 Å². The van der Waals surface area contributed by atoms with Gasteiger partial charge in [0.2, 0.25) is 5.43 Å². The van der Waals surface area contributed by atoms with Gasteiger partial charge in [0.15, 0.2) is 11.5 Å². The lowest BCUT2D eigenvalue weighted by Crippen LogP contribution is -2.24. The number of hydrogen-bond donors (Lipinski definition) is 1. The molecule has 5 rings (SSSR count). The molecule has 0 aliphatic rings. The summed E-state index contributed by atoms with van der Waals surface area (Å²) >= 11 is 0. The maximum absolute atomic E-state index is 13.0. The van der Waals surface area contributed by atoms with Crippen molar-refractivity contribution in [2.75, 3.05) is 5.32 Å². The lowest BCUT2D eigenvalue weighted by molar-refractivity contribution is 0.102. The summed E-state index contributed by atoms with van der Waals surface area (Å²) in [5.41, 5.74) is 4.03. The largest absolute Gasteiger partial charge is 0.332 e. The number of hydrogen-bond acceptors (Lipinski definition) is 6. The van der Waals surface area contributed by atoms with Gasteiger partial charge in [0.05, 0.1) is 11.1 Å². The Bertz CT molecular complexity index is 1580. The fourth-order valence-corrected chi connectivity index (χ4v) is 3.74. The van der Waals surface area contributed by atoms with Crippen LogP contribution in [0.15, 0.2) is 59.5 Å². The van der Waals surface area contributed by atoms with Crippen LogP contribution in [0.1, 0.15) is 28.8 Å². The second kappa shape index (κ2) is 7.94. The van der Waals surface area contributed by atoms with E-state index in [1.54, 1.807) is 35.0 Å². The number of rotatable bonds is 4. The van der Waals surface area contributed by atoms with Crippen LogP contribution in [-0.4, -0.2) is 35.3 Å². The average Bonchev–Trinajstić information content (AvgIpc) is 3.20. The van der Waals surface area contributed by atoms with Gasteiger partial charge < -0.3 is 9.88 Å². The minimum absolute atomic E-state index is 0.0780. The number of fused-ring (bicyclic) bond motifs is 2. The summed E-state index contributed by atoms with van der Waals surface area (Å²) in [6.45, 7) is 6.24. The van der Waals surface area contributed by atoms with Crippen LogP contribution < -0.4 is 10.7 Å². The normalized spacial score (nSPS) is 11.2. The number of carbonyl (C=O) groups is 1. The second-order valence-electron chi connectivity index (χ2n) is 7.75. The summed E-state index contributed by atoms with van der Waals surface area (Å²) in [7, 11) is 0. The number of nitrogens with one attached hydrogen (secondary N) is 1. The Balaban J connectivity index is 1.43. The zero-order valence-electron chi connectivity index (χ0n) is 18.4. The minimum atomic E-state index is -0.461. The molecule has 33 heavy (non-hydrogen) atoms. The van der Waals surface area contributed by atoms with Crippen LogP contribution in [0.5, 0.6) is 0 Å². The molecule has 164 valence electrons. The van der Waals surface area contributed by atoms with Crippen molar-refractivity contribution in [2.24, 2.45) is 0 Å². The van der Waals surface area contributed by atoms with E-state index in [1.165, 1.54) is 0 Å². The fourth-order valence-electron chi connectivity index (χ4n) is 3.74. The van der Waals surface area contributed by atoms with Gasteiger partial charge in [-0.25, -0.2) is 4.98 Å². The van der Waals surface area contributed by atoms with E-state index in [0.29, 0.717) is 34.7 Å². The Morgan fingerprint density at radius 1 is 1.00 bits per heavy atom. The van der Waals surface area contributed by atoms with Gasteiger partial charge in [-0.1, -0.05) is 12.1 Å². The molecule has 9 nitrogen and oxygen atoms in total. The summed E-state index contributed by atoms with van der Waals surface area (Å²) in [6.07, 6.45) is 1.57. The van der Waals surface area contributed by atoms with E-state index in [9.17, 15) is 9.59 Å². The lowest BCUT2D eigenvalue weighted by Gasteiger charge is -2.12. The average molecular weight is 439 g/mol. The molecule has 1 aromatic carbocycles. The van der Waals surface area contributed by atoms with Crippen molar-refractivity contribution in [1.82, 2.24) is 29.4 Å². The van der Waals surface area contributed by atoms with E-state index in [0.717, 1.165) is 17.0 Å². The number of pyridine rings is 2. The standard InChI is InChI=1S/C24H21N7O2/c1-4-30-13-19(22(32)18-10-5-14(2)25-23(18)30)24(33)26-17-8-6-16(7-9-17)20-11-12-21-28-27-15(3)31(21)29-20/h5-13H,4H2,1-3H3,(H,26,33). The molecule has 5 aromatic rings. The summed E-state index contributed by atoms with van der Waals surface area (Å²) in [6, 6.07) is 14.5. The van der Waals surface area contributed by atoms with E-state index in [-0.39, 0.29) is 11.0 Å². The van der Waals surface area contributed by atoms with E-state index in [2.05, 4.69) is 25.6 Å². The van der Waals surface area contributed by atoms with Gasteiger partial charge in [0, 0.05) is 29.7 Å². The Labute approximate surface area is 188 Å². The molecule has 0 aliphatic heterocycles. The van der Waals surface area contributed by atoms with Crippen LogP contribution in [0.2, 0.25) is 0 Å². The van der Waals surface area contributed by atoms with Gasteiger partial charge >= 0.3 is 0 Å². The minimum Gasteiger partial charge on any atom is -0.332 e. The highest BCUT2D eigenvalue weighted by atomic mass is 16.2. The van der Waals surface area contributed by atoms with Crippen molar-refractivity contribution < 1.29 is 4.79 Å². The van der Waals surface area contributed by atoms with Gasteiger partial charge in [-0.3, -0.25) is 9.59 Å². The van der Waals surface area contributed by atoms with Crippen LogP contribution in [0, 0.1) is 13.8 Å². The van der Waals surface area contributed by atoms with Crippen molar-refractivity contribution in [3.8, 4) is 11.3 Å². The van der Waals surface area contributed by atoms with Crippen LogP contribution in [0.3, 0.4) is 0 Å². The molecule has 1 N–H and O–H groups in total. The topological polar surface area (TPSA) is 107 Å². The van der Waals surface area contributed by atoms with Gasteiger partial charge in [-0.2, -0.15) is 9.61 Å². The summed E-state index contributed by atoms with van der Waals surface area (Å²) in [5, 5.41) is 15.9. The molecule has 0 atom stereocenters. The number of benzene rings is 1. The van der Waals surface area contributed by atoms with Crippen molar-refractivity contribution in [3.63, 3.8) is 0 Å². The number of aryl methyl sites for hydroxylation is 3. The number of carbonyl (C=O) groups excluding carboxylic acids is 1. The van der Waals surface area contributed by atoms with Gasteiger partial charge in [-0.05, 0) is 57.2 Å². The summed E-state index contributed by atoms with van der Waals surface area (Å²) in [5.74, 6) is 0.242. The van der Waals surface area contributed by atoms with Crippen LogP contribution >= 0.6 is 0 Å². The third-order valence-corrected chi connectivity index (χ3v) is 5.50. The molecule has 0 bridgehead atoms. The first-order valence-electron chi connectivity index (χ1n) is 10.6. The highest BCUT2D eigenvalue weighted by molar-refractivity contribution is 6.05. The predicted molar refractivity (Wildman–Crippen MR) is 125 cm³/mol. The predicted octanol–water partition coefficient (Wildman–Crippen LogP) is 3.39. The first-order valence-corrected chi connectivity index (χ1v) is 10.6. The maximum atomic E-state index is 13.0. The molecule has 4 aromatic heterocycles. The van der Waals surface area contributed by atoms with Gasteiger partial charge in [-0.15, -0.1) is 10.2 Å². The Morgan fingerprint density at radius 3 is 2.55 bits per heavy atom. The molecule has 0 saturated heterocycles. The molecular formula is C24H21N7O2. The van der Waals surface area contributed by atoms with E-state index >= 15 is 0 Å².